The van der Waals surface area contributed by atoms with Crippen LogP contribution < -0.4 is 5.32 Å². The molecule has 1 aliphatic heterocycles. The van der Waals surface area contributed by atoms with Gasteiger partial charge in [-0.15, -0.1) is 0 Å². The maximum Gasteiger partial charge on any atom is 0.146 e. The molecule has 1 aromatic rings. The SMILES string of the molecule is CC(NC1CCCN1C)c1cccc(Cl)c1F. The molecule has 2 nitrogen and oxygen atoms in total. The van der Waals surface area contributed by atoms with Crippen molar-refractivity contribution in [2.75, 3.05) is 13.6 Å². The Morgan fingerprint density at radius 1 is 1.53 bits per heavy atom. The number of rotatable bonds is 3. The van der Waals surface area contributed by atoms with E-state index in [1.54, 1.807) is 18.2 Å². The molecule has 0 radical (unpaired) electrons. The summed E-state index contributed by atoms with van der Waals surface area (Å²) >= 11 is 5.79. The molecule has 2 rings (SSSR count). The van der Waals surface area contributed by atoms with Gasteiger partial charge < -0.3 is 0 Å². The average Bonchev–Trinajstić information content (AvgIpc) is 2.68. The minimum atomic E-state index is -0.310. The average molecular weight is 257 g/mol. The van der Waals surface area contributed by atoms with Gasteiger partial charge in [0.2, 0.25) is 0 Å². The van der Waals surface area contributed by atoms with Crippen LogP contribution in [0.3, 0.4) is 0 Å². The Kier molecular flexibility index (Phi) is 4.02. The third-order valence-electron chi connectivity index (χ3n) is 3.41. The molecular weight excluding hydrogens is 239 g/mol. The highest BCUT2D eigenvalue weighted by Crippen LogP contribution is 2.25. The van der Waals surface area contributed by atoms with Crippen LogP contribution in [0.1, 0.15) is 31.4 Å². The number of nitrogens with one attached hydrogen (secondary N) is 1. The molecule has 0 saturated carbocycles. The van der Waals surface area contributed by atoms with Crippen molar-refractivity contribution < 1.29 is 4.39 Å². The predicted octanol–water partition coefficient (Wildman–Crippen LogP) is 3.18. The molecular formula is C13H18ClFN2. The Balaban J connectivity index is 2.09. The quantitative estimate of drug-likeness (QED) is 0.894. The summed E-state index contributed by atoms with van der Waals surface area (Å²) in [6, 6.07) is 5.12. The Morgan fingerprint density at radius 2 is 2.29 bits per heavy atom. The second-order valence-corrected chi connectivity index (χ2v) is 5.08. The van der Waals surface area contributed by atoms with Gasteiger partial charge in [0.15, 0.2) is 0 Å². The van der Waals surface area contributed by atoms with Crippen LogP contribution in [0.4, 0.5) is 4.39 Å². The van der Waals surface area contributed by atoms with Crippen molar-refractivity contribution in [3.05, 3.63) is 34.6 Å². The third kappa shape index (κ3) is 2.79. The smallest absolute Gasteiger partial charge is 0.146 e. The molecule has 2 atom stereocenters. The van der Waals surface area contributed by atoms with Crippen molar-refractivity contribution in [2.24, 2.45) is 0 Å². The largest absolute Gasteiger partial charge is 0.295 e. The summed E-state index contributed by atoms with van der Waals surface area (Å²) in [7, 11) is 2.09. The van der Waals surface area contributed by atoms with Crippen molar-refractivity contribution in [3.63, 3.8) is 0 Å². The Hall–Kier alpha value is -0.640. The van der Waals surface area contributed by atoms with Gasteiger partial charge in [-0.1, -0.05) is 23.7 Å². The van der Waals surface area contributed by atoms with E-state index in [4.69, 9.17) is 11.6 Å². The fraction of sp³-hybridized carbons (Fsp3) is 0.538. The van der Waals surface area contributed by atoms with E-state index in [1.807, 2.05) is 6.92 Å². The summed E-state index contributed by atoms with van der Waals surface area (Å²) in [5.41, 5.74) is 0.637. The number of hydrogen-bond donors (Lipinski definition) is 1. The van der Waals surface area contributed by atoms with Crippen molar-refractivity contribution in [2.45, 2.75) is 32.0 Å². The van der Waals surface area contributed by atoms with Gasteiger partial charge in [-0.05, 0) is 39.4 Å². The van der Waals surface area contributed by atoms with Gasteiger partial charge in [-0.2, -0.15) is 0 Å². The maximum absolute atomic E-state index is 13.8. The number of likely N-dealkylation sites (tertiary alicyclic amines) is 1. The molecule has 0 aromatic heterocycles. The normalized spacial score (nSPS) is 22.9. The van der Waals surface area contributed by atoms with Gasteiger partial charge in [0.25, 0.3) is 0 Å². The molecule has 0 amide bonds. The zero-order valence-electron chi connectivity index (χ0n) is 10.2. The van der Waals surface area contributed by atoms with Gasteiger partial charge in [0, 0.05) is 11.6 Å². The standard InChI is InChI=1S/C13H18ClFN2/c1-9(16-12-7-4-8-17(12)2)10-5-3-6-11(14)13(10)15/h3,5-6,9,12,16H,4,7-8H2,1-2H3. The molecule has 1 aromatic carbocycles. The highest BCUT2D eigenvalue weighted by molar-refractivity contribution is 6.30. The van der Waals surface area contributed by atoms with Crippen molar-refractivity contribution in [1.29, 1.82) is 0 Å². The molecule has 1 heterocycles. The van der Waals surface area contributed by atoms with Gasteiger partial charge in [0.1, 0.15) is 5.82 Å². The fourth-order valence-electron chi connectivity index (χ4n) is 2.35. The highest BCUT2D eigenvalue weighted by Gasteiger charge is 2.23. The minimum Gasteiger partial charge on any atom is -0.295 e. The highest BCUT2D eigenvalue weighted by atomic mass is 35.5. The fourth-order valence-corrected chi connectivity index (χ4v) is 2.54. The minimum absolute atomic E-state index is 0.0285. The van der Waals surface area contributed by atoms with E-state index in [9.17, 15) is 4.39 Å². The lowest BCUT2D eigenvalue weighted by Crippen LogP contribution is -2.40. The second kappa shape index (κ2) is 5.34. The van der Waals surface area contributed by atoms with E-state index in [2.05, 4.69) is 17.3 Å². The van der Waals surface area contributed by atoms with Crippen LogP contribution in [0.5, 0.6) is 0 Å². The molecule has 1 N–H and O–H groups in total. The molecule has 94 valence electrons. The zero-order valence-corrected chi connectivity index (χ0v) is 11.0. The monoisotopic (exact) mass is 256 g/mol. The summed E-state index contributed by atoms with van der Waals surface area (Å²) < 4.78 is 13.8. The molecule has 1 saturated heterocycles. The van der Waals surface area contributed by atoms with E-state index < -0.39 is 0 Å². The number of halogens is 2. The van der Waals surface area contributed by atoms with Crippen LogP contribution in [0.25, 0.3) is 0 Å². The van der Waals surface area contributed by atoms with Gasteiger partial charge >= 0.3 is 0 Å². The van der Waals surface area contributed by atoms with Crippen molar-refractivity contribution in [3.8, 4) is 0 Å². The lowest BCUT2D eigenvalue weighted by Gasteiger charge is -2.25. The third-order valence-corrected chi connectivity index (χ3v) is 3.70. The Labute approximate surface area is 107 Å². The zero-order chi connectivity index (χ0) is 12.4. The Bertz CT molecular complexity index is 397. The summed E-state index contributed by atoms with van der Waals surface area (Å²) in [6.45, 7) is 3.07. The predicted molar refractivity (Wildman–Crippen MR) is 68.6 cm³/mol. The van der Waals surface area contributed by atoms with E-state index in [0.717, 1.165) is 13.0 Å². The molecule has 0 bridgehead atoms. The summed E-state index contributed by atoms with van der Waals surface area (Å²) in [5, 5.41) is 3.63. The molecule has 17 heavy (non-hydrogen) atoms. The van der Waals surface area contributed by atoms with E-state index in [1.165, 1.54) is 6.42 Å². The summed E-state index contributed by atoms with van der Waals surface area (Å²) in [5.74, 6) is -0.310. The van der Waals surface area contributed by atoms with Crippen LogP contribution in [0.2, 0.25) is 5.02 Å². The first-order chi connectivity index (χ1) is 8.09. The van der Waals surface area contributed by atoms with Crippen LogP contribution in [0.15, 0.2) is 18.2 Å². The van der Waals surface area contributed by atoms with Crippen molar-refractivity contribution in [1.82, 2.24) is 10.2 Å². The van der Waals surface area contributed by atoms with Gasteiger partial charge in [0.05, 0.1) is 11.2 Å². The van der Waals surface area contributed by atoms with Crippen LogP contribution in [-0.4, -0.2) is 24.7 Å². The number of benzene rings is 1. The second-order valence-electron chi connectivity index (χ2n) is 4.67. The molecule has 4 heteroatoms. The number of hydrogen-bond acceptors (Lipinski definition) is 2. The molecule has 1 fully saturated rings. The van der Waals surface area contributed by atoms with Gasteiger partial charge in [-0.25, -0.2) is 4.39 Å². The first kappa shape index (κ1) is 12.8. The van der Waals surface area contributed by atoms with E-state index in [-0.39, 0.29) is 16.9 Å². The number of nitrogens with zero attached hydrogens (tertiary/aromatic N) is 1. The van der Waals surface area contributed by atoms with Crippen LogP contribution in [-0.2, 0) is 0 Å². The first-order valence-corrected chi connectivity index (χ1v) is 6.37. The maximum atomic E-state index is 13.8. The van der Waals surface area contributed by atoms with E-state index >= 15 is 0 Å². The molecule has 0 aliphatic carbocycles. The molecule has 1 aliphatic rings. The summed E-state index contributed by atoms with van der Waals surface area (Å²) in [6.07, 6.45) is 2.64. The van der Waals surface area contributed by atoms with Crippen molar-refractivity contribution >= 4 is 11.6 Å². The van der Waals surface area contributed by atoms with Crippen LogP contribution >= 0.6 is 11.6 Å². The molecule has 2 unspecified atom stereocenters. The summed E-state index contributed by atoms with van der Waals surface area (Å²) in [4.78, 5) is 2.26. The van der Waals surface area contributed by atoms with Gasteiger partial charge in [-0.3, -0.25) is 10.2 Å². The molecule has 0 spiro atoms. The van der Waals surface area contributed by atoms with Crippen LogP contribution in [0, 0.1) is 5.82 Å². The van der Waals surface area contributed by atoms with E-state index in [0.29, 0.717) is 11.7 Å². The Morgan fingerprint density at radius 3 is 2.94 bits per heavy atom. The lowest BCUT2D eigenvalue weighted by molar-refractivity contribution is 0.245. The first-order valence-electron chi connectivity index (χ1n) is 6.00. The lowest BCUT2D eigenvalue weighted by atomic mass is 10.1. The topological polar surface area (TPSA) is 15.3 Å².